The van der Waals surface area contributed by atoms with Crippen LogP contribution in [0.5, 0.6) is 0 Å². The second-order valence-electron chi connectivity index (χ2n) is 6.19. The van der Waals surface area contributed by atoms with E-state index in [9.17, 15) is 0 Å². The molecule has 0 aliphatic carbocycles. The average molecular weight is 272 g/mol. The molecule has 0 atom stereocenters. The van der Waals surface area contributed by atoms with Crippen LogP contribution in [0.1, 0.15) is 72.0 Å². The van der Waals surface area contributed by atoms with E-state index in [1.165, 1.54) is 25.7 Å². The molecular weight excluding hydrogens is 246 g/mol. The van der Waals surface area contributed by atoms with Crippen molar-refractivity contribution >= 4 is 11.6 Å². The highest BCUT2D eigenvalue weighted by Gasteiger charge is 2.23. The monoisotopic (exact) mass is 271 g/mol. The fraction of sp³-hybridized carbons (Fsp3) is 0.857. The van der Waals surface area contributed by atoms with Gasteiger partial charge >= 0.3 is 0 Å². The predicted molar refractivity (Wildman–Crippen MR) is 77.0 cm³/mol. The highest BCUT2D eigenvalue weighted by Crippen LogP contribution is 2.29. The van der Waals surface area contributed by atoms with Crippen LogP contribution in [0.2, 0.25) is 5.28 Å². The number of hydrogen-bond donors (Lipinski definition) is 0. The molecule has 0 spiro atoms. The number of halogens is 1. The maximum Gasteiger partial charge on any atom is 0.225 e. The molecule has 0 amide bonds. The second-order valence-corrected chi connectivity index (χ2v) is 6.53. The smallest absolute Gasteiger partial charge is 0.225 e. The Morgan fingerprint density at radius 1 is 1.22 bits per heavy atom. The van der Waals surface area contributed by atoms with Gasteiger partial charge in [0.2, 0.25) is 5.28 Å². The van der Waals surface area contributed by atoms with Crippen molar-refractivity contribution in [2.24, 2.45) is 5.41 Å². The van der Waals surface area contributed by atoms with Crippen LogP contribution in [-0.2, 0) is 6.54 Å². The van der Waals surface area contributed by atoms with E-state index in [1.54, 1.807) is 0 Å². The number of aromatic nitrogens is 3. The molecule has 0 saturated carbocycles. The Labute approximate surface area is 116 Å². The Hall–Kier alpha value is -0.570. The minimum Gasteiger partial charge on any atom is -0.301 e. The maximum atomic E-state index is 6.15. The molecule has 0 N–H and O–H groups in total. The highest BCUT2D eigenvalue weighted by atomic mass is 35.5. The van der Waals surface area contributed by atoms with Crippen molar-refractivity contribution < 1.29 is 0 Å². The summed E-state index contributed by atoms with van der Waals surface area (Å²) in [5, 5.41) is 8.69. The van der Waals surface area contributed by atoms with Crippen molar-refractivity contribution in [1.82, 2.24) is 14.8 Å². The molecule has 0 unspecified atom stereocenters. The van der Waals surface area contributed by atoms with E-state index in [2.05, 4.69) is 49.4 Å². The van der Waals surface area contributed by atoms with E-state index in [0.717, 1.165) is 12.4 Å². The van der Waals surface area contributed by atoms with Gasteiger partial charge in [0.05, 0.1) is 0 Å². The van der Waals surface area contributed by atoms with Crippen molar-refractivity contribution in [2.75, 3.05) is 0 Å². The zero-order valence-corrected chi connectivity index (χ0v) is 13.1. The summed E-state index contributed by atoms with van der Waals surface area (Å²) in [4.78, 5) is 0. The third-order valence-electron chi connectivity index (χ3n) is 3.29. The van der Waals surface area contributed by atoms with Crippen LogP contribution >= 0.6 is 11.6 Å². The quantitative estimate of drug-likeness (QED) is 0.675. The number of rotatable bonds is 7. The van der Waals surface area contributed by atoms with Crippen LogP contribution in [0.3, 0.4) is 0 Å². The van der Waals surface area contributed by atoms with Gasteiger partial charge in [-0.3, -0.25) is 0 Å². The van der Waals surface area contributed by atoms with Crippen LogP contribution in [0.15, 0.2) is 0 Å². The SMILES string of the molecule is CCCCCC(C)(C)Cn1c(Cl)nnc1C(C)C. The lowest BCUT2D eigenvalue weighted by Gasteiger charge is -2.26. The average Bonchev–Trinajstić information content (AvgIpc) is 2.60. The molecule has 0 radical (unpaired) electrons. The zero-order valence-electron chi connectivity index (χ0n) is 12.3. The Kier molecular flexibility index (Phi) is 5.64. The highest BCUT2D eigenvalue weighted by molar-refractivity contribution is 6.28. The molecule has 0 aliphatic heterocycles. The third-order valence-corrected chi connectivity index (χ3v) is 3.57. The van der Waals surface area contributed by atoms with Crippen LogP contribution < -0.4 is 0 Å². The van der Waals surface area contributed by atoms with E-state index in [0.29, 0.717) is 11.2 Å². The first-order valence-corrected chi connectivity index (χ1v) is 7.34. The summed E-state index contributed by atoms with van der Waals surface area (Å²) in [5.41, 5.74) is 0.241. The number of hydrogen-bond acceptors (Lipinski definition) is 2. The minimum absolute atomic E-state index is 0.241. The summed E-state index contributed by atoms with van der Waals surface area (Å²) in [5.74, 6) is 1.35. The summed E-state index contributed by atoms with van der Waals surface area (Å²) in [6, 6.07) is 0. The van der Waals surface area contributed by atoms with E-state index in [1.807, 2.05) is 0 Å². The Balaban J connectivity index is 2.73. The van der Waals surface area contributed by atoms with Gasteiger partial charge in [-0.05, 0) is 23.4 Å². The van der Waals surface area contributed by atoms with Crippen LogP contribution in [0.25, 0.3) is 0 Å². The van der Waals surface area contributed by atoms with Crippen LogP contribution in [0.4, 0.5) is 0 Å². The van der Waals surface area contributed by atoms with E-state index >= 15 is 0 Å². The lowest BCUT2D eigenvalue weighted by Crippen LogP contribution is -2.21. The van der Waals surface area contributed by atoms with Crippen LogP contribution in [-0.4, -0.2) is 14.8 Å². The third kappa shape index (κ3) is 4.27. The molecule has 1 aromatic rings. The van der Waals surface area contributed by atoms with Gasteiger partial charge in [-0.2, -0.15) is 0 Å². The van der Waals surface area contributed by atoms with Gasteiger partial charge in [0.1, 0.15) is 5.82 Å². The molecule has 4 heteroatoms. The molecule has 1 aromatic heterocycles. The van der Waals surface area contributed by atoms with E-state index in [-0.39, 0.29) is 5.41 Å². The summed E-state index contributed by atoms with van der Waals surface area (Å²) < 4.78 is 2.07. The largest absolute Gasteiger partial charge is 0.301 e. The fourth-order valence-electron chi connectivity index (χ4n) is 2.23. The zero-order chi connectivity index (χ0) is 13.8. The molecule has 1 heterocycles. The molecule has 18 heavy (non-hydrogen) atoms. The summed E-state index contributed by atoms with van der Waals surface area (Å²) in [6.07, 6.45) is 5.06. The molecule has 104 valence electrons. The van der Waals surface area contributed by atoms with Crippen molar-refractivity contribution in [2.45, 2.75) is 72.8 Å². The second kappa shape index (κ2) is 6.55. The van der Waals surface area contributed by atoms with Gasteiger partial charge in [-0.25, -0.2) is 0 Å². The predicted octanol–water partition coefficient (Wildman–Crippen LogP) is 4.66. The molecule has 1 rings (SSSR count). The lowest BCUT2D eigenvalue weighted by molar-refractivity contribution is 0.267. The van der Waals surface area contributed by atoms with Gasteiger partial charge in [0.25, 0.3) is 0 Å². The van der Waals surface area contributed by atoms with E-state index < -0.39 is 0 Å². The van der Waals surface area contributed by atoms with Crippen molar-refractivity contribution in [3.8, 4) is 0 Å². The molecular formula is C14H26ClN3. The van der Waals surface area contributed by atoms with E-state index in [4.69, 9.17) is 11.6 Å². The fourth-order valence-corrected chi connectivity index (χ4v) is 2.41. The van der Waals surface area contributed by atoms with Gasteiger partial charge in [-0.1, -0.05) is 53.9 Å². The molecule has 0 bridgehead atoms. The Bertz CT molecular complexity index is 369. The number of nitrogens with zero attached hydrogens (tertiary/aromatic N) is 3. The summed E-state index contributed by atoms with van der Waals surface area (Å²) in [7, 11) is 0. The summed E-state index contributed by atoms with van der Waals surface area (Å²) in [6.45, 7) is 12.0. The lowest BCUT2D eigenvalue weighted by atomic mass is 9.86. The van der Waals surface area contributed by atoms with Crippen molar-refractivity contribution in [3.63, 3.8) is 0 Å². The van der Waals surface area contributed by atoms with Crippen LogP contribution in [0, 0.1) is 5.41 Å². The molecule has 0 aliphatic rings. The van der Waals surface area contributed by atoms with Crippen molar-refractivity contribution in [3.05, 3.63) is 11.1 Å². The molecule has 0 fully saturated rings. The first-order valence-electron chi connectivity index (χ1n) is 6.96. The van der Waals surface area contributed by atoms with Gasteiger partial charge in [-0.15, -0.1) is 10.2 Å². The molecule has 3 nitrogen and oxygen atoms in total. The topological polar surface area (TPSA) is 30.7 Å². The first-order chi connectivity index (χ1) is 8.37. The Morgan fingerprint density at radius 3 is 2.44 bits per heavy atom. The van der Waals surface area contributed by atoms with Gasteiger partial charge in [0, 0.05) is 12.5 Å². The summed E-state index contributed by atoms with van der Waals surface area (Å²) >= 11 is 6.15. The van der Waals surface area contributed by atoms with Gasteiger partial charge < -0.3 is 4.57 Å². The first kappa shape index (κ1) is 15.5. The molecule has 0 saturated heterocycles. The minimum atomic E-state index is 0.241. The normalized spacial score (nSPS) is 12.4. The standard InChI is InChI=1S/C14H26ClN3/c1-6-7-8-9-14(4,5)10-18-12(11(2)3)16-17-13(18)15/h11H,6-10H2,1-5H3. The maximum absolute atomic E-state index is 6.15. The molecule has 0 aromatic carbocycles. The number of unbranched alkanes of at least 4 members (excludes halogenated alkanes) is 2. The van der Waals surface area contributed by atoms with Crippen molar-refractivity contribution in [1.29, 1.82) is 0 Å². The Morgan fingerprint density at radius 2 is 1.89 bits per heavy atom. The van der Waals surface area contributed by atoms with Gasteiger partial charge in [0.15, 0.2) is 0 Å².